The molecule has 7 heteroatoms. The second-order valence-corrected chi connectivity index (χ2v) is 6.92. The molecule has 1 aliphatic rings. The maximum atomic E-state index is 11.5. The number of hydrogen-bond acceptors (Lipinski definition) is 5. The van der Waals surface area contributed by atoms with Crippen LogP contribution in [-0.2, 0) is 14.0 Å². The maximum absolute atomic E-state index is 11.5. The highest BCUT2D eigenvalue weighted by atomic mass is 35.5. The van der Waals surface area contributed by atoms with E-state index in [2.05, 4.69) is 0 Å². The van der Waals surface area contributed by atoms with E-state index in [1.54, 1.807) is 26.0 Å². The molecule has 5 nitrogen and oxygen atoms in total. The largest absolute Gasteiger partial charge is 0.513 e. The zero-order valence-electron chi connectivity index (χ0n) is 14.4. The molecule has 0 spiro atoms. The van der Waals surface area contributed by atoms with Gasteiger partial charge in [0.25, 0.3) is 0 Å². The lowest BCUT2D eigenvalue weighted by Crippen LogP contribution is -2.41. The van der Waals surface area contributed by atoms with Crippen molar-refractivity contribution < 1.29 is 23.6 Å². The zero-order valence-corrected chi connectivity index (χ0v) is 15.1. The summed E-state index contributed by atoms with van der Waals surface area (Å²) in [7, 11) is -0.627. The van der Waals surface area contributed by atoms with Gasteiger partial charge in [-0.25, -0.2) is 4.79 Å². The molecule has 0 unspecified atom stereocenters. The van der Waals surface area contributed by atoms with Crippen LogP contribution in [0.5, 0.6) is 5.75 Å². The lowest BCUT2D eigenvalue weighted by atomic mass is 9.78. The van der Waals surface area contributed by atoms with Gasteiger partial charge in [-0.2, -0.15) is 0 Å². The molecule has 1 aromatic rings. The van der Waals surface area contributed by atoms with Crippen LogP contribution in [0.3, 0.4) is 0 Å². The third kappa shape index (κ3) is 3.65. The van der Waals surface area contributed by atoms with E-state index in [1.807, 2.05) is 27.7 Å². The number of hydrogen-bond donors (Lipinski definition) is 0. The van der Waals surface area contributed by atoms with E-state index in [9.17, 15) is 4.79 Å². The van der Waals surface area contributed by atoms with E-state index in [0.29, 0.717) is 16.2 Å². The smallest absolute Gasteiger partial charge is 0.434 e. The molecule has 0 saturated carbocycles. The standard InChI is InChI=1S/C16H22BClO5/c1-7-20-14(19)21-13-9-11(12(18)8-10(13)2)17-22-15(3,4)16(5,6)23-17/h8-9H,7H2,1-6H3. The molecule has 1 aromatic carbocycles. The summed E-state index contributed by atoms with van der Waals surface area (Å²) in [5, 5.41) is 0.497. The Bertz CT molecular complexity index is 599. The van der Waals surface area contributed by atoms with E-state index in [4.69, 9.17) is 30.4 Å². The molecule has 0 N–H and O–H groups in total. The molecule has 1 heterocycles. The third-order valence-electron chi connectivity index (χ3n) is 4.26. The van der Waals surface area contributed by atoms with Gasteiger partial charge in [0.15, 0.2) is 0 Å². The van der Waals surface area contributed by atoms with Gasteiger partial charge in [-0.1, -0.05) is 11.6 Å². The van der Waals surface area contributed by atoms with Crippen LogP contribution < -0.4 is 10.2 Å². The number of carbonyl (C=O) groups excluding carboxylic acids is 1. The molecule has 0 atom stereocenters. The van der Waals surface area contributed by atoms with E-state index in [-0.39, 0.29) is 6.61 Å². The summed E-state index contributed by atoms with van der Waals surface area (Å²) in [5.74, 6) is 0.373. The summed E-state index contributed by atoms with van der Waals surface area (Å²) in [6.07, 6.45) is -0.752. The Morgan fingerprint density at radius 3 is 2.30 bits per heavy atom. The van der Waals surface area contributed by atoms with Crippen LogP contribution >= 0.6 is 11.6 Å². The lowest BCUT2D eigenvalue weighted by molar-refractivity contribution is 0.00578. The van der Waals surface area contributed by atoms with Gasteiger partial charge in [-0.15, -0.1) is 0 Å². The Balaban J connectivity index is 2.31. The molecular formula is C16H22BClO5. The Kier molecular flexibility index (Phi) is 4.99. The molecular weight excluding hydrogens is 318 g/mol. The molecule has 2 rings (SSSR count). The van der Waals surface area contributed by atoms with E-state index >= 15 is 0 Å². The van der Waals surface area contributed by atoms with Gasteiger partial charge in [-0.3, -0.25) is 0 Å². The number of ether oxygens (including phenoxy) is 2. The molecule has 0 aliphatic carbocycles. The summed E-state index contributed by atoms with van der Waals surface area (Å²) in [6.45, 7) is 11.6. The number of carbonyl (C=O) groups is 1. The first-order valence-corrected chi connectivity index (χ1v) is 7.95. The molecule has 0 bridgehead atoms. The molecule has 1 aliphatic heterocycles. The molecule has 0 amide bonds. The quantitative estimate of drug-likeness (QED) is 0.479. The molecule has 0 aromatic heterocycles. The van der Waals surface area contributed by atoms with Crippen molar-refractivity contribution in [3.05, 3.63) is 22.7 Å². The first kappa shape index (κ1) is 18.1. The first-order chi connectivity index (χ1) is 10.6. The van der Waals surface area contributed by atoms with Crippen molar-refractivity contribution in [1.29, 1.82) is 0 Å². The van der Waals surface area contributed by atoms with E-state index < -0.39 is 24.5 Å². The second-order valence-electron chi connectivity index (χ2n) is 6.51. The van der Waals surface area contributed by atoms with Crippen LogP contribution in [0.25, 0.3) is 0 Å². The predicted molar refractivity (Wildman–Crippen MR) is 89.6 cm³/mol. The van der Waals surface area contributed by atoms with Gasteiger partial charge < -0.3 is 18.8 Å². The van der Waals surface area contributed by atoms with Crippen molar-refractivity contribution in [2.45, 2.75) is 52.7 Å². The van der Waals surface area contributed by atoms with Gasteiger partial charge in [0.2, 0.25) is 0 Å². The Hall–Kier alpha value is -1.24. The average molecular weight is 341 g/mol. The fourth-order valence-electron chi connectivity index (χ4n) is 2.17. The first-order valence-electron chi connectivity index (χ1n) is 7.57. The summed E-state index contributed by atoms with van der Waals surface area (Å²) < 4.78 is 22.0. The van der Waals surface area contributed by atoms with Crippen molar-refractivity contribution in [1.82, 2.24) is 0 Å². The number of aryl methyl sites for hydroxylation is 1. The van der Waals surface area contributed by atoms with Crippen LogP contribution in [-0.4, -0.2) is 31.1 Å². The van der Waals surface area contributed by atoms with Crippen molar-refractivity contribution in [3.63, 3.8) is 0 Å². The predicted octanol–water partition coefficient (Wildman–Crippen LogP) is 3.48. The SMILES string of the molecule is CCOC(=O)Oc1cc(B2OC(C)(C)C(C)(C)O2)c(Cl)cc1C. The van der Waals surface area contributed by atoms with Crippen molar-refractivity contribution in [3.8, 4) is 5.75 Å². The molecule has 1 fully saturated rings. The zero-order chi connectivity index (χ0) is 17.4. The van der Waals surface area contributed by atoms with Gasteiger partial charge in [-0.05, 0) is 59.2 Å². The van der Waals surface area contributed by atoms with Crippen molar-refractivity contribution in [2.75, 3.05) is 6.61 Å². The minimum absolute atomic E-state index is 0.246. The third-order valence-corrected chi connectivity index (χ3v) is 4.58. The van der Waals surface area contributed by atoms with Crippen LogP contribution in [0, 0.1) is 6.92 Å². The fourth-order valence-corrected chi connectivity index (χ4v) is 2.47. The van der Waals surface area contributed by atoms with Gasteiger partial charge >= 0.3 is 13.3 Å². The van der Waals surface area contributed by atoms with Crippen LogP contribution in [0.1, 0.15) is 40.2 Å². The number of rotatable bonds is 3. The summed E-state index contributed by atoms with van der Waals surface area (Å²) >= 11 is 6.33. The van der Waals surface area contributed by atoms with E-state index in [1.165, 1.54) is 0 Å². The lowest BCUT2D eigenvalue weighted by Gasteiger charge is -2.32. The fraction of sp³-hybridized carbons (Fsp3) is 0.562. The van der Waals surface area contributed by atoms with Crippen LogP contribution in [0.15, 0.2) is 12.1 Å². The Labute approximate surface area is 142 Å². The topological polar surface area (TPSA) is 54.0 Å². The highest BCUT2D eigenvalue weighted by Crippen LogP contribution is 2.37. The minimum atomic E-state index is -0.752. The van der Waals surface area contributed by atoms with Gasteiger partial charge in [0.05, 0.1) is 17.8 Å². The van der Waals surface area contributed by atoms with Crippen LogP contribution in [0.2, 0.25) is 5.02 Å². The van der Waals surface area contributed by atoms with Gasteiger partial charge in [0.1, 0.15) is 5.75 Å². The van der Waals surface area contributed by atoms with Gasteiger partial charge in [0, 0.05) is 10.5 Å². The number of halogens is 1. The monoisotopic (exact) mass is 340 g/mol. The van der Waals surface area contributed by atoms with Crippen LogP contribution in [0.4, 0.5) is 4.79 Å². The summed E-state index contributed by atoms with van der Waals surface area (Å²) in [6, 6.07) is 3.38. The van der Waals surface area contributed by atoms with E-state index in [0.717, 1.165) is 5.56 Å². The highest BCUT2D eigenvalue weighted by Gasteiger charge is 2.52. The van der Waals surface area contributed by atoms with Crippen molar-refractivity contribution in [2.24, 2.45) is 0 Å². The molecule has 126 valence electrons. The minimum Gasteiger partial charge on any atom is -0.434 e. The second kappa shape index (κ2) is 6.34. The molecule has 1 saturated heterocycles. The number of benzene rings is 1. The molecule has 0 radical (unpaired) electrons. The maximum Gasteiger partial charge on any atom is 0.513 e. The van der Waals surface area contributed by atoms with Crippen molar-refractivity contribution >= 4 is 30.3 Å². The highest BCUT2D eigenvalue weighted by molar-refractivity contribution is 6.65. The normalized spacial score (nSPS) is 18.8. The molecule has 23 heavy (non-hydrogen) atoms. The Morgan fingerprint density at radius 1 is 1.22 bits per heavy atom. The summed E-state index contributed by atoms with van der Waals surface area (Å²) in [4.78, 5) is 11.5. The Morgan fingerprint density at radius 2 is 1.78 bits per heavy atom. The average Bonchev–Trinajstić information content (AvgIpc) is 2.61. The summed E-state index contributed by atoms with van der Waals surface area (Å²) in [5.41, 5.74) is 0.390.